The molecule has 0 saturated heterocycles. The first-order valence-electron chi connectivity index (χ1n) is 8.57. The van der Waals surface area contributed by atoms with Gasteiger partial charge < -0.3 is 5.32 Å². The fourth-order valence-corrected chi connectivity index (χ4v) is 2.85. The summed E-state index contributed by atoms with van der Waals surface area (Å²) in [6.07, 6.45) is 6.91. The maximum atomic E-state index is 12.5. The third-order valence-corrected chi connectivity index (χ3v) is 4.30. The lowest BCUT2D eigenvalue weighted by Crippen LogP contribution is -2.23. The molecule has 0 unspecified atom stereocenters. The molecule has 4 aromatic rings. The summed E-state index contributed by atoms with van der Waals surface area (Å²) in [7, 11) is 0. The first-order valence-corrected chi connectivity index (χ1v) is 8.57. The van der Waals surface area contributed by atoms with Crippen LogP contribution in [0.25, 0.3) is 5.69 Å². The zero-order chi connectivity index (χ0) is 18.5. The molecule has 7 heteroatoms. The van der Waals surface area contributed by atoms with E-state index in [9.17, 15) is 4.79 Å². The second-order valence-electron chi connectivity index (χ2n) is 6.07. The van der Waals surface area contributed by atoms with E-state index in [4.69, 9.17) is 0 Å². The molecular formula is C20H18N6O. The normalized spacial score (nSPS) is 10.7. The third kappa shape index (κ3) is 3.92. The summed E-state index contributed by atoms with van der Waals surface area (Å²) in [5.41, 5.74) is 3.71. The highest BCUT2D eigenvalue weighted by Crippen LogP contribution is 2.12. The smallest absolute Gasteiger partial charge is 0.251 e. The Kier molecular flexibility index (Phi) is 4.74. The van der Waals surface area contributed by atoms with Crippen molar-refractivity contribution in [3.63, 3.8) is 0 Å². The van der Waals surface area contributed by atoms with Gasteiger partial charge in [0.2, 0.25) is 0 Å². The average Bonchev–Trinajstić information content (AvgIpc) is 3.41. The van der Waals surface area contributed by atoms with Crippen LogP contribution < -0.4 is 5.32 Å². The average molecular weight is 358 g/mol. The monoisotopic (exact) mass is 358 g/mol. The van der Waals surface area contributed by atoms with Gasteiger partial charge in [0.25, 0.3) is 5.91 Å². The molecule has 7 nitrogen and oxygen atoms in total. The first-order chi connectivity index (χ1) is 13.3. The van der Waals surface area contributed by atoms with Crippen LogP contribution in [0.3, 0.4) is 0 Å². The molecule has 0 aliphatic carbocycles. The molecule has 0 aliphatic heterocycles. The lowest BCUT2D eigenvalue weighted by Gasteiger charge is -2.11. The number of aromatic nitrogens is 5. The van der Waals surface area contributed by atoms with Crippen LogP contribution in [0.2, 0.25) is 0 Å². The maximum Gasteiger partial charge on any atom is 0.251 e. The molecule has 1 N–H and O–H groups in total. The zero-order valence-corrected chi connectivity index (χ0v) is 14.6. The summed E-state index contributed by atoms with van der Waals surface area (Å²) >= 11 is 0. The van der Waals surface area contributed by atoms with E-state index in [1.165, 1.54) is 0 Å². The van der Waals surface area contributed by atoms with Crippen LogP contribution in [0, 0.1) is 0 Å². The number of nitrogens with zero attached hydrogens (tertiary/aromatic N) is 5. The van der Waals surface area contributed by atoms with E-state index in [0.29, 0.717) is 18.7 Å². The molecule has 0 radical (unpaired) electrons. The fourth-order valence-electron chi connectivity index (χ4n) is 2.85. The van der Waals surface area contributed by atoms with Crippen LogP contribution in [-0.2, 0) is 13.1 Å². The second kappa shape index (κ2) is 7.65. The van der Waals surface area contributed by atoms with E-state index in [1.807, 2.05) is 47.3 Å². The molecule has 134 valence electrons. The zero-order valence-electron chi connectivity index (χ0n) is 14.6. The Morgan fingerprint density at radius 2 is 1.67 bits per heavy atom. The summed E-state index contributed by atoms with van der Waals surface area (Å²) in [5, 5.41) is 14.8. The van der Waals surface area contributed by atoms with Crippen LogP contribution >= 0.6 is 0 Å². The van der Waals surface area contributed by atoms with E-state index in [1.54, 1.807) is 35.6 Å². The van der Waals surface area contributed by atoms with Crippen LogP contribution in [-0.4, -0.2) is 30.5 Å². The Morgan fingerprint density at radius 1 is 0.926 bits per heavy atom. The topological polar surface area (TPSA) is 77.6 Å². The molecule has 1 amide bonds. The number of hydrogen-bond donors (Lipinski definition) is 1. The molecule has 27 heavy (non-hydrogen) atoms. The molecule has 2 aromatic carbocycles. The molecular weight excluding hydrogens is 340 g/mol. The van der Waals surface area contributed by atoms with E-state index >= 15 is 0 Å². The maximum absolute atomic E-state index is 12.5. The van der Waals surface area contributed by atoms with Crippen LogP contribution in [0.15, 0.2) is 79.6 Å². The van der Waals surface area contributed by atoms with Crippen molar-refractivity contribution in [2.45, 2.75) is 13.1 Å². The number of benzene rings is 2. The molecule has 2 aromatic heterocycles. The van der Waals surface area contributed by atoms with Gasteiger partial charge in [0, 0.05) is 30.2 Å². The van der Waals surface area contributed by atoms with E-state index < -0.39 is 0 Å². The highest BCUT2D eigenvalue weighted by Gasteiger charge is 2.08. The number of hydrogen-bond acceptors (Lipinski definition) is 4. The van der Waals surface area contributed by atoms with Gasteiger partial charge in [0.05, 0.1) is 6.54 Å². The Hall–Kier alpha value is -3.74. The minimum atomic E-state index is -0.112. The minimum absolute atomic E-state index is 0.112. The van der Waals surface area contributed by atoms with Crippen LogP contribution in [0.4, 0.5) is 0 Å². The van der Waals surface area contributed by atoms with Gasteiger partial charge in [-0.15, -0.1) is 10.2 Å². The Bertz CT molecular complexity index is 1010. The molecule has 0 saturated carbocycles. The van der Waals surface area contributed by atoms with Gasteiger partial charge in [-0.05, 0) is 41.5 Å². The highest BCUT2D eigenvalue weighted by molar-refractivity contribution is 5.94. The highest BCUT2D eigenvalue weighted by atomic mass is 16.1. The number of nitrogens with one attached hydrogen (secondary N) is 1. The van der Waals surface area contributed by atoms with Gasteiger partial charge >= 0.3 is 0 Å². The van der Waals surface area contributed by atoms with Crippen molar-refractivity contribution in [2.24, 2.45) is 0 Å². The molecule has 2 heterocycles. The number of amides is 1. The predicted octanol–water partition coefficient (Wildman–Crippen LogP) is 2.44. The van der Waals surface area contributed by atoms with Crippen molar-refractivity contribution in [1.82, 2.24) is 29.9 Å². The number of carbonyl (C=O) groups excluding carboxylic acids is 1. The lowest BCUT2D eigenvalue weighted by atomic mass is 10.1. The standard InChI is InChI=1S/C20H18N6O/c27-20(16-6-8-19(9-7-16)25-14-22-23-15-25)21-12-17-4-1-2-5-18(17)13-26-11-3-10-24-26/h1-11,14-15H,12-13H2,(H,21,27). The molecule has 0 bridgehead atoms. The molecule has 0 fully saturated rings. The van der Waals surface area contributed by atoms with E-state index in [2.05, 4.69) is 26.7 Å². The summed E-state index contributed by atoms with van der Waals surface area (Å²) < 4.78 is 3.65. The van der Waals surface area contributed by atoms with Gasteiger partial charge in [0.15, 0.2) is 0 Å². The minimum Gasteiger partial charge on any atom is -0.348 e. The molecule has 4 rings (SSSR count). The summed E-state index contributed by atoms with van der Waals surface area (Å²) in [6.45, 7) is 1.14. The SMILES string of the molecule is O=C(NCc1ccccc1Cn1cccn1)c1ccc(-n2cnnc2)cc1. The quantitative estimate of drug-likeness (QED) is 0.574. The first kappa shape index (κ1) is 16.7. The van der Waals surface area contributed by atoms with Crippen molar-refractivity contribution < 1.29 is 4.79 Å². The van der Waals surface area contributed by atoms with Gasteiger partial charge in [-0.2, -0.15) is 5.10 Å². The van der Waals surface area contributed by atoms with Crippen molar-refractivity contribution in [3.05, 3.63) is 96.3 Å². The van der Waals surface area contributed by atoms with Gasteiger partial charge in [0.1, 0.15) is 12.7 Å². The number of carbonyl (C=O) groups is 1. The van der Waals surface area contributed by atoms with Gasteiger partial charge in [-0.25, -0.2) is 0 Å². The summed E-state index contributed by atoms with van der Waals surface area (Å²) in [4.78, 5) is 12.5. The predicted molar refractivity (Wildman–Crippen MR) is 100 cm³/mol. The molecule has 0 spiro atoms. The fraction of sp³-hybridized carbons (Fsp3) is 0.100. The largest absolute Gasteiger partial charge is 0.348 e. The lowest BCUT2D eigenvalue weighted by molar-refractivity contribution is 0.0951. The van der Waals surface area contributed by atoms with Crippen molar-refractivity contribution in [1.29, 1.82) is 0 Å². The van der Waals surface area contributed by atoms with Gasteiger partial charge in [-0.3, -0.25) is 14.0 Å². The van der Waals surface area contributed by atoms with Crippen LogP contribution in [0.1, 0.15) is 21.5 Å². The second-order valence-corrected chi connectivity index (χ2v) is 6.07. The summed E-state index contributed by atoms with van der Waals surface area (Å²) in [5.74, 6) is -0.112. The third-order valence-electron chi connectivity index (χ3n) is 4.30. The Labute approximate surface area is 156 Å². The Morgan fingerprint density at radius 3 is 2.37 bits per heavy atom. The molecule has 0 atom stereocenters. The molecule has 0 aliphatic rings. The Balaban J connectivity index is 1.42. The van der Waals surface area contributed by atoms with E-state index in [0.717, 1.165) is 16.8 Å². The van der Waals surface area contributed by atoms with Crippen molar-refractivity contribution >= 4 is 5.91 Å². The summed E-state index contributed by atoms with van der Waals surface area (Å²) in [6, 6.07) is 17.3. The van der Waals surface area contributed by atoms with Gasteiger partial charge in [-0.1, -0.05) is 24.3 Å². The number of rotatable bonds is 6. The van der Waals surface area contributed by atoms with Crippen LogP contribution in [0.5, 0.6) is 0 Å². The van der Waals surface area contributed by atoms with Crippen molar-refractivity contribution in [2.75, 3.05) is 0 Å². The van der Waals surface area contributed by atoms with Crippen molar-refractivity contribution in [3.8, 4) is 5.69 Å². The van der Waals surface area contributed by atoms with E-state index in [-0.39, 0.29) is 5.91 Å².